The molecule has 0 radical (unpaired) electrons. The second-order valence-corrected chi connectivity index (χ2v) is 6.99. The molecule has 6 nitrogen and oxygen atoms in total. The van der Waals surface area contributed by atoms with Crippen molar-refractivity contribution in [1.29, 1.82) is 0 Å². The van der Waals surface area contributed by atoms with Gasteiger partial charge in [-0.25, -0.2) is 0 Å². The van der Waals surface area contributed by atoms with Crippen molar-refractivity contribution in [1.82, 2.24) is 10.2 Å². The van der Waals surface area contributed by atoms with E-state index in [0.29, 0.717) is 23.9 Å². The lowest BCUT2D eigenvalue weighted by Crippen LogP contribution is -2.36. The molecule has 0 aromatic carbocycles. The molecule has 1 aromatic rings. The largest absolute Gasteiger partial charge is 0.481 e. The van der Waals surface area contributed by atoms with Crippen LogP contribution in [0.1, 0.15) is 44.5 Å². The zero-order valence-electron chi connectivity index (χ0n) is 12.3. The van der Waals surface area contributed by atoms with Gasteiger partial charge in [0, 0.05) is 6.42 Å². The quantitative estimate of drug-likeness (QED) is 0.872. The fourth-order valence-electron chi connectivity index (χ4n) is 2.67. The highest BCUT2D eigenvalue weighted by Crippen LogP contribution is 2.31. The molecule has 0 aliphatic heterocycles. The average molecular weight is 311 g/mol. The zero-order chi connectivity index (χ0) is 15.4. The summed E-state index contributed by atoms with van der Waals surface area (Å²) in [7, 11) is 0. The number of anilines is 1. The van der Waals surface area contributed by atoms with E-state index >= 15 is 0 Å². The van der Waals surface area contributed by atoms with Gasteiger partial charge in [-0.05, 0) is 18.8 Å². The molecular formula is C14H21N3O3S. The molecule has 2 atom stereocenters. The number of rotatable bonds is 5. The smallest absolute Gasteiger partial charge is 0.307 e. The van der Waals surface area contributed by atoms with E-state index in [9.17, 15) is 14.7 Å². The van der Waals surface area contributed by atoms with Gasteiger partial charge in [0.15, 0.2) is 0 Å². The first-order chi connectivity index (χ1) is 9.97. The van der Waals surface area contributed by atoms with Crippen LogP contribution in [-0.2, 0) is 16.0 Å². The van der Waals surface area contributed by atoms with Gasteiger partial charge < -0.3 is 10.4 Å². The molecule has 2 unspecified atom stereocenters. The second-order valence-electron chi connectivity index (χ2n) is 5.92. The Morgan fingerprint density at radius 2 is 1.95 bits per heavy atom. The predicted octanol–water partition coefficient (Wildman–Crippen LogP) is 2.57. The fourth-order valence-corrected chi connectivity index (χ4v) is 3.63. The second kappa shape index (κ2) is 6.98. The molecule has 1 aromatic heterocycles. The number of carboxylic acids is 1. The van der Waals surface area contributed by atoms with E-state index in [1.54, 1.807) is 0 Å². The highest BCUT2D eigenvalue weighted by molar-refractivity contribution is 7.15. The van der Waals surface area contributed by atoms with Crippen molar-refractivity contribution < 1.29 is 14.7 Å². The summed E-state index contributed by atoms with van der Waals surface area (Å²) >= 11 is 1.36. The number of aliphatic carboxylic acids is 1. The Bertz CT molecular complexity index is 515. The van der Waals surface area contributed by atoms with Crippen LogP contribution in [0.4, 0.5) is 5.13 Å². The van der Waals surface area contributed by atoms with E-state index in [1.807, 2.05) is 0 Å². The molecule has 7 heteroatoms. The van der Waals surface area contributed by atoms with E-state index in [-0.39, 0.29) is 5.91 Å². The molecule has 2 N–H and O–H groups in total. The van der Waals surface area contributed by atoms with E-state index in [1.165, 1.54) is 11.3 Å². The minimum absolute atomic E-state index is 0.241. The van der Waals surface area contributed by atoms with Gasteiger partial charge in [-0.1, -0.05) is 38.0 Å². The Morgan fingerprint density at radius 3 is 2.57 bits per heavy atom. The third-order valence-electron chi connectivity index (χ3n) is 3.70. The minimum Gasteiger partial charge on any atom is -0.481 e. The summed E-state index contributed by atoms with van der Waals surface area (Å²) in [6.45, 7) is 4.19. The number of nitrogens with one attached hydrogen (secondary N) is 1. The summed E-state index contributed by atoms with van der Waals surface area (Å²) in [5.74, 6) is -1.69. The maximum atomic E-state index is 12.3. The number of hydrogen-bond donors (Lipinski definition) is 2. The number of hydrogen-bond acceptors (Lipinski definition) is 5. The Labute approximate surface area is 128 Å². The van der Waals surface area contributed by atoms with Crippen molar-refractivity contribution in [3.63, 3.8) is 0 Å². The number of nitrogens with zero attached hydrogens (tertiary/aromatic N) is 2. The highest BCUT2D eigenvalue weighted by atomic mass is 32.1. The molecule has 1 saturated carbocycles. The molecule has 1 aliphatic rings. The van der Waals surface area contributed by atoms with Crippen molar-refractivity contribution in [2.45, 2.75) is 46.0 Å². The maximum absolute atomic E-state index is 12.3. The Balaban J connectivity index is 1.99. The Morgan fingerprint density at radius 1 is 1.29 bits per heavy atom. The normalized spacial score (nSPS) is 22.2. The van der Waals surface area contributed by atoms with E-state index in [2.05, 4.69) is 29.4 Å². The van der Waals surface area contributed by atoms with E-state index in [4.69, 9.17) is 0 Å². The van der Waals surface area contributed by atoms with Gasteiger partial charge in [-0.3, -0.25) is 9.59 Å². The van der Waals surface area contributed by atoms with Crippen LogP contribution in [-0.4, -0.2) is 27.2 Å². The van der Waals surface area contributed by atoms with E-state index in [0.717, 1.165) is 24.3 Å². The fraction of sp³-hybridized carbons (Fsp3) is 0.714. The maximum Gasteiger partial charge on any atom is 0.307 e. The summed E-state index contributed by atoms with van der Waals surface area (Å²) in [5, 5.41) is 21.3. The van der Waals surface area contributed by atoms with Gasteiger partial charge in [0.2, 0.25) is 11.0 Å². The van der Waals surface area contributed by atoms with Crippen LogP contribution < -0.4 is 5.32 Å². The summed E-state index contributed by atoms with van der Waals surface area (Å²) in [6.07, 6.45) is 3.80. The molecule has 0 saturated heterocycles. The van der Waals surface area contributed by atoms with Crippen LogP contribution in [0.15, 0.2) is 0 Å². The predicted molar refractivity (Wildman–Crippen MR) is 80.2 cm³/mol. The third kappa shape index (κ3) is 4.23. The molecule has 0 bridgehead atoms. The van der Waals surface area contributed by atoms with Gasteiger partial charge in [-0.15, -0.1) is 10.2 Å². The van der Waals surface area contributed by atoms with Gasteiger partial charge in [0.1, 0.15) is 5.01 Å². The van der Waals surface area contributed by atoms with Gasteiger partial charge in [-0.2, -0.15) is 0 Å². The number of carbonyl (C=O) groups excluding carboxylic acids is 1. The molecule has 1 heterocycles. The summed E-state index contributed by atoms with van der Waals surface area (Å²) in [6, 6.07) is 0. The standard InChI is InChI=1S/C14H21N3O3S/c1-8(2)7-11-16-17-14(21-11)15-12(18)9-5-3-4-6-10(9)13(19)20/h8-10H,3-7H2,1-2H3,(H,19,20)(H,15,17,18). The Hall–Kier alpha value is -1.50. The van der Waals surface area contributed by atoms with Crippen LogP contribution in [0.2, 0.25) is 0 Å². The SMILES string of the molecule is CC(C)Cc1nnc(NC(=O)C2CCCCC2C(=O)O)s1. The van der Waals surface area contributed by atoms with Crippen LogP contribution in [0.25, 0.3) is 0 Å². The van der Waals surface area contributed by atoms with Gasteiger partial charge in [0.25, 0.3) is 0 Å². The first-order valence-corrected chi connectivity index (χ1v) is 8.15. The molecule has 1 aliphatic carbocycles. The molecule has 1 amide bonds. The number of aromatic nitrogens is 2. The van der Waals surface area contributed by atoms with Crippen LogP contribution in [0.5, 0.6) is 0 Å². The molecule has 1 fully saturated rings. The molecule has 2 rings (SSSR count). The lowest BCUT2D eigenvalue weighted by molar-refractivity contribution is -0.147. The highest BCUT2D eigenvalue weighted by Gasteiger charge is 2.36. The molecular weight excluding hydrogens is 290 g/mol. The van der Waals surface area contributed by atoms with Crippen LogP contribution >= 0.6 is 11.3 Å². The monoisotopic (exact) mass is 311 g/mol. The van der Waals surface area contributed by atoms with Gasteiger partial charge >= 0.3 is 5.97 Å². The van der Waals surface area contributed by atoms with Crippen LogP contribution in [0, 0.1) is 17.8 Å². The van der Waals surface area contributed by atoms with Crippen molar-refractivity contribution >= 4 is 28.3 Å². The topological polar surface area (TPSA) is 92.2 Å². The summed E-state index contributed by atoms with van der Waals surface area (Å²) in [5.41, 5.74) is 0. The number of carboxylic acid groups (broad SMARTS) is 1. The van der Waals surface area contributed by atoms with Crippen molar-refractivity contribution in [3.8, 4) is 0 Å². The van der Waals surface area contributed by atoms with Crippen molar-refractivity contribution in [2.75, 3.05) is 5.32 Å². The third-order valence-corrected chi connectivity index (χ3v) is 4.56. The number of amides is 1. The molecule has 116 valence electrons. The van der Waals surface area contributed by atoms with Crippen molar-refractivity contribution in [3.05, 3.63) is 5.01 Å². The molecule has 21 heavy (non-hydrogen) atoms. The van der Waals surface area contributed by atoms with E-state index < -0.39 is 17.8 Å². The van der Waals surface area contributed by atoms with Crippen LogP contribution in [0.3, 0.4) is 0 Å². The number of carbonyl (C=O) groups is 2. The Kier molecular flexibility index (Phi) is 5.27. The summed E-state index contributed by atoms with van der Waals surface area (Å²) in [4.78, 5) is 23.5. The minimum atomic E-state index is -0.882. The zero-order valence-corrected chi connectivity index (χ0v) is 13.2. The lowest BCUT2D eigenvalue weighted by Gasteiger charge is -2.26. The molecule has 0 spiro atoms. The lowest BCUT2D eigenvalue weighted by atomic mass is 9.79. The average Bonchev–Trinajstić information content (AvgIpc) is 2.85. The summed E-state index contributed by atoms with van der Waals surface area (Å²) < 4.78 is 0. The van der Waals surface area contributed by atoms with Crippen molar-refractivity contribution in [2.24, 2.45) is 17.8 Å². The first-order valence-electron chi connectivity index (χ1n) is 7.33. The van der Waals surface area contributed by atoms with Gasteiger partial charge in [0.05, 0.1) is 11.8 Å². The first kappa shape index (κ1) is 15.9.